The molecule has 2 aromatic carbocycles. The van der Waals surface area contributed by atoms with Crippen molar-refractivity contribution in [2.45, 2.75) is 26.8 Å². The molecule has 0 amide bonds. The Labute approximate surface area is 160 Å². The van der Waals surface area contributed by atoms with Crippen LogP contribution in [0.5, 0.6) is 0 Å². The van der Waals surface area contributed by atoms with E-state index < -0.39 is 0 Å². The van der Waals surface area contributed by atoms with Gasteiger partial charge in [0.15, 0.2) is 0 Å². The van der Waals surface area contributed by atoms with Gasteiger partial charge in [-0.15, -0.1) is 11.3 Å². The molecule has 0 bridgehead atoms. The van der Waals surface area contributed by atoms with E-state index in [1.54, 1.807) is 22.0 Å². The maximum absolute atomic E-state index is 13.6. The molecule has 4 aromatic rings. The summed E-state index contributed by atoms with van der Waals surface area (Å²) in [4.78, 5) is 19.9. The van der Waals surface area contributed by atoms with Gasteiger partial charge in [0.2, 0.25) is 0 Å². The van der Waals surface area contributed by atoms with Gasteiger partial charge in [0.05, 0.1) is 11.9 Å². The second kappa shape index (κ2) is 7.08. The molecule has 0 saturated carbocycles. The Kier molecular flexibility index (Phi) is 4.62. The van der Waals surface area contributed by atoms with Crippen LogP contribution in [0.4, 0.5) is 4.39 Å². The third-order valence-electron chi connectivity index (χ3n) is 4.59. The smallest absolute Gasteiger partial charge is 0.262 e. The Morgan fingerprint density at radius 1 is 1.11 bits per heavy atom. The van der Waals surface area contributed by atoms with E-state index in [2.05, 4.69) is 6.92 Å². The molecule has 27 heavy (non-hydrogen) atoms. The van der Waals surface area contributed by atoms with Crippen LogP contribution in [-0.4, -0.2) is 9.55 Å². The van der Waals surface area contributed by atoms with Gasteiger partial charge >= 0.3 is 0 Å². The third kappa shape index (κ3) is 3.43. The summed E-state index contributed by atoms with van der Waals surface area (Å²) in [6.07, 6.45) is 0.865. The Morgan fingerprint density at radius 3 is 2.59 bits per heavy atom. The van der Waals surface area contributed by atoms with Crippen LogP contribution in [-0.2, 0) is 13.0 Å². The molecule has 0 N–H and O–H groups in total. The Bertz CT molecular complexity index is 1180. The molecular formula is C22H19FN2OS. The maximum atomic E-state index is 13.6. The predicted octanol–water partition coefficient (Wildman–Crippen LogP) is 5.18. The lowest BCUT2D eigenvalue weighted by Gasteiger charge is -2.13. The van der Waals surface area contributed by atoms with Crippen molar-refractivity contribution in [3.63, 3.8) is 0 Å². The van der Waals surface area contributed by atoms with E-state index in [-0.39, 0.29) is 17.9 Å². The van der Waals surface area contributed by atoms with E-state index in [4.69, 9.17) is 4.98 Å². The number of rotatable bonds is 4. The van der Waals surface area contributed by atoms with Crippen molar-refractivity contribution in [1.82, 2.24) is 9.55 Å². The molecule has 0 aliphatic rings. The minimum absolute atomic E-state index is 0.0872. The quantitative estimate of drug-likeness (QED) is 0.490. The van der Waals surface area contributed by atoms with Crippen LogP contribution in [0.15, 0.2) is 59.4 Å². The number of thiophene rings is 1. The minimum atomic E-state index is -0.310. The van der Waals surface area contributed by atoms with E-state index in [0.29, 0.717) is 11.2 Å². The van der Waals surface area contributed by atoms with Crippen molar-refractivity contribution >= 4 is 21.6 Å². The van der Waals surface area contributed by atoms with E-state index in [9.17, 15) is 9.18 Å². The largest absolute Gasteiger partial charge is 0.288 e. The van der Waals surface area contributed by atoms with Crippen molar-refractivity contribution in [1.29, 1.82) is 0 Å². The van der Waals surface area contributed by atoms with Gasteiger partial charge in [-0.1, -0.05) is 48.9 Å². The number of hydrogen-bond donors (Lipinski definition) is 0. The lowest BCUT2D eigenvalue weighted by atomic mass is 10.1. The van der Waals surface area contributed by atoms with Crippen LogP contribution in [0.3, 0.4) is 0 Å². The number of aryl methyl sites for hydroxylation is 2. The van der Waals surface area contributed by atoms with Gasteiger partial charge in [-0.2, -0.15) is 0 Å². The van der Waals surface area contributed by atoms with Crippen LogP contribution >= 0.6 is 11.3 Å². The first kappa shape index (κ1) is 17.6. The van der Waals surface area contributed by atoms with Gasteiger partial charge in [-0.25, -0.2) is 9.37 Å². The zero-order chi connectivity index (χ0) is 19.0. The van der Waals surface area contributed by atoms with Crippen molar-refractivity contribution in [2.24, 2.45) is 0 Å². The SMILES string of the molecule is CCc1cc2c(=O)n(Cc3cccc(F)c3)c(-c3ccc(C)cc3)nc2s1. The van der Waals surface area contributed by atoms with Crippen molar-refractivity contribution in [2.75, 3.05) is 0 Å². The number of hydrogen-bond acceptors (Lipinski definition) is 3. The van der Waals surface area contributed by atoms with Gasteiger partial charge in [0.25, 0.3) is 5.56 Å². The fourth-order valence-electron chi connectivity index (χ4n) is 3.13. The molecule has 0 radical (unpaired) electrons. The number of benzene rings is 2. The number of aromatic nitrogens is 2. The fraction of sp³-hybridized carbons (Fsp3) is 0.182. The highest BCUT2D eigenvalue weighted by Crippen LogP contribution is 2.26. The predicted molar refractivity (Wildman–Crippen MR) is 109 cm³/mol. The molecule has 2 aromatic heterocycles. The van der Waals surface area contributed by atoms with Gasteiger partial charge in [0, 0.05) is 10.4 Å². The molecule has 3 nitrogen and oxygen atoms in total. The summed E-state index contributed by atoms with van der Waals surface area (Å²) < 4.78 is 15.3. The second-order valence-corrected chi connectivity index (χ2v) is 7.72. The molecule has 0 aliphatic heterocycles. The normalized spacial score (nSPS) is 11.2. The molecule has 0 aliphatic carbocycles. The molecule has 0 fully saturated rings. The second-order valence-electron chi connectivity index (χ2n) is 6.61. The average molecular weight is 378 g/mol. The summed E-state index contributed by atoms with van der Waals surface area (Å²) in [6.45, 7) is 4.37. The van der Waals surface area contributed by atoms with Gasteiger partial charge in [0.1, 0.15) is 16.5 Å². The summed E-state index contributed by atoms with van der Waals surface area (Å²) in [5, 5.41) is 0.629. The van der Waals surface area contributed by atoms with Crippen LogP contribution in [0.2, 0.25) is 0 Å². The first-order valence-electron chi connectivity index (χ1n) is 8.90. The van der Waals surface area contributed by atoms with E-state index in [1.807, 2.05) is 43.3 Å². The highest BCUT2D eigenvalue weighted by atomic mass is 32.1. The third-order valence-corrected chi connectivity index (χ3v) is 5.76. The van der Waals surface area contributed by atoms with E-state index in [0.717, 1.165) is 32.8 Å². The molecule has 2 heterocycles. The molecule has 0 spiro atoms. The Hall–Kier alpha value is -2.79. The summed E-state index contributed by atoms with van der Waals surface area (Å²) >= 11 is 1.56. The molecule has 4 rings (SSSR count). The first-order chi connectivity index (χ1) is 13.0. The van der Waals surface area contributed by atoms with Crippen molar-refractivity contribution < 1.29 is 4.39 Å². The molecule has 5 heteroatoms. The molecular weight excluding hydrogens is 359 g/mol. The van der Waals surface area contributed by atoms with Gasteiger partial charge < -0.3 is 0 Å². The molecule has 0 unspecified atom stereocenters. The minimum Gasteiger partial charge on any atom is -0.288 e. The fourth-order valence-corrected chi connectivity index (χ4v) is 4.09. The molecule has 0 saturated heterocycles. The molecule has 0 atom stereocenters. The van der Waals surface area contributed by atoms with Gasteiger partial charge in [-0.05, 0) is 37.1 Å². The van der Waals surface area contributed by atoms with Crippen LogP contribution in [0.1, 0.15) is 22.9 Å². The standard InChI is InChI=1S/C22H19FN2OS/c1-3-18-12-19-21(27-18)24-20(16-9-7-14(2)8-10-16)25(22(19)26)13-15-5-4-6-17(23)11-15/h4-12H,3,13H2,1-2H3. The zero-order valence-electron chi connectivity index (χ0n) is 15.2. The number of nitrogens with zero attached hydrogens (tertiary/aromatic N) is 2. The lowest BCUT2D eigenvalue weighted by molar-refractivity contribution is 0.623. The average Bonchev–Trinajstić information content (AvgIpc) is 3.08. The maximum Gasteiger partial charge on any atom is 0.262 e. The topological polar surface area (TPSA) is 34.9 Å². The van der Waals surface area contributed by atoms with Crippen molar-refractivity contribution in [3.8, 4) is 11.4 Å². The summed E-state index contributed by atoms with van der Waals surface area (Å²) in [6, 6.07) is 16.2. The number of fused-ring (bicyclic) bond motifs is 1. The highest BCUT2D eigenvalue weighted by molar-refractivity contribution is 7.18. The summed E-state index contributed by atoms with van der Waals surface area (Å²) in [7, 11) is 0. The summed E-state index contributed by atoms with van der Waals surface area (Å²) in [5.74, 6) is 0.302. The first-order valence-corrected chi connectivity index (χ1v) is 9.71. The monoisotopic (exact) mass is 378 g/mol. The van der Waals surface area contributed by atoms with Gasteiger partial charge in [-0.3, -0.25) is 9.36 Å². The number of halogens is 1. The highest BCUT2D eigenvalue weighted by Gasteiger charge is 2.16. The van der Waals surface area contributed by atoms with E-state index in [1.165, 1.54) is 12.1 Å². The zero-order valence-corrected chi connectivity index (χ0v) is 16.0. The van der Waals surface area contributed by atoms with Crippen LogP contribution in [0.25, 0.3) is 21.6 Å². The Morgan fingerprint density at radius 2 is 1.89 bits per heavy atom. The lowest BCUT2D eigenvalue weighted by Crippen LogP contribution is -2.23. The van der Waals surface area contributed by atoms with Crippen LogP contribution in [0, 0.1) is 12.7 Å². The van der Waals surface area contributed by atoms with Crippen molar-refractivity contribution in [3.05, 3.63) is 86.8 Å². The van der Waals surface area contributed by atoms with Crippen LogP contribution < -0.4 is 5.56 Å². The van der Waals surface area contributed by atoms with E-state index >= 15 is 0 Å². The summed E-state index contributed by atoms with van der Waals surface area (Å²) in [5.41, 5.74) is 2.67. The molecule has 136 valence electrons. The Balaban J connectivity index is 1.95.